The highest BCUT2D eigenvalue weighted by Crippen LogP contribution is 2.25. The molecule has 8 heteroatoms. The van der Waals surface area contributed by atoms with Crippen molar-refractivity contribution in [3.8, 4) is 11.7 Å². The number of methoxy groups -OCH3 is 1. The van der Waals surface area contributed by atoms with E-state index in [1.54, 1.807) is 21.0 Å². The Morgan fingerprint density at radius 2 is 2.04 bits per heavy atom. The molecule has 4 rings (SSSR count). The highest BCUT2D eigenvalue weighted by molar-refractivity contribution is 5.95. The number of ether oxygens (including phenoxy) is 1. The van der Waals surface area contributed by atoms with Crippen molar-refractivity contribution in [3.05, 3.63) is 68.9 Å². The standard InChI is InChI=1S/C20H21N5O3/c1-12-8-18(26)23-20(22-12)25-13(2)17(10-21-25)19(27)24-7-6-14-4-5-16(28-3)9-15(14)11-24/h4-5,8-10H,6-7,11H2,1-3H3,(H,22,23,26). The van der Waals surface area contributed by atoms with Crippen LogP contribution >= 0.6 is 0 Å². The Balaban J connectivity index is 1.62. The van der Waals surface area contributed by atoms with E-state index in [1.165, 1.54) is 22.5 Å². The Labute approximate surface area is 161 Å². The molecule has 0 fully saturated rings. The third-order valence-corrected chi connectivity index (χ3v) is 5.01. The number of nitrogens with one attached hydrogen (secondary N) is 1. The molecule has 0 aliphatic carbocycles. The van der Waals surface area contributed by atoms with E-state index >= 15 is 0 Å². The van der Waals surface area contributed by atoms with E-state index in [0.717, 1.165) is 17.7 Å². The van der Waals surface area contributed by atoms with Crippen molar-refractivity contribution in [1.29, 1.82) is 0 Å². The van der Waals surface area contributed by atoms with E-state index in [0.29, 0.717) is 36.0 Å². The van der Waals surface area contributed by atoms with Crippen LogP contribution in [0.3, 0.4) is 0 Å². The number of H-pyrrole nitrogens is 1. The molecule has 1 aliphatic heterocycles. The lowest BCUT2D eigenvalue weighted by Gasteiger charge is -2.29. The number of aromatic amines is 1. The van der Waals surface area contributed by atoms with Gasteiger partial charge in [0.25, 0.3) is 11.5 Å². The van der Waals surface area contributed by atoms with Crippen LogP contribution < -0.4 is 10.3 Å². The molecule has 0 saturated heterocycles. The van der Waals surface area contributed by atoms with Gasteiger partial charge in [0.15, 0.2) is 0 Å². The predicted octanol–water partition coefficient (Wildman–Crippen LogP) is 1.78. The molecule has 1 amide bonds. The van der Waals surface area contributed by atoms with Crippen molar-refractivity contribution in [2.24, 2.45) is 0 Å². The third-order valence-electron chi connectivity index (χ3n) is 5.01. The molecule has 0 spiro atoms. The average molecular weight is 379 g/mol. The van der Waals surface area contributed by atoms with Gasteiger partial charge in [-0.1, -0.05) is 6.07 Å². The van der Waals surface area contributed by atoms with Crippen LogP contribution in [-0.4, -0.2) is 44.2 Å². The van der Waals surface area contributed by atoms with Crippen LogP contribution in [0.25, 0.3) is 5.95 Å². The molecule has 1 aliphatic rings. The molecule has 8 nitrogen and oxygen atoms in total. The van der Waals surface area contributed by atoms with Crippen LogP contribution in [0, 0.1) is 13.8 Å². The molecule has 2 aromatic heterocycles. The summed E-state index contributed by atoms with van der Waals surface area (Å²) in [6.45, 7) is 4.70. The smallest absolute Gasteiger partial charge is 0.257 e. The highest BCUT2D eigenvalue weighted by atomic mass is 16.5. The molecule has 3 aromatic rings. The number of amides is 1. The van der Waals surface area contributed by atoms with Gasteiger partial charge in [0.2, 0.25) is 5.95 Å². The summed E-state index contributed by atoms with van der Waals surface area (Å²) in [5.41, 5.74) is 3.79. The van der Waals surface area contributed by atoms with Crippen LogP contribution in [0.2, 0.25) is 0 Å². The Kier molecular flexibility index (Phi) is 4.46. The summed E-state index contributed by atoms with van der Waals surface area (Å²) in [5, 5.41) is 4.27. The minimum absolute atomic E-state index is 0.0905. The maximum Gasteiger partial charge on any atom is 0.257 e. The second-order valence-electron chi connectivity index (χ2n) is 6.88. The number of hydrogen-bond donors (Lipinski definition) is 1. The number of benzene rings is 1. The molecule has 0 bridgehead atoms. The molecule has 144 valence electrons. The number of nitrogens with zero attached hydrogens (tertiary/aromatic N) is 4. The summed E-state index contributed by atoms with van der Waals surface area (Å²) in [7, 11) is 1.63. The van der Waals surface area contributed by atoms with E-state index in [2.05, 4.69) is 21.1 Å². The molecule has 0 saturated carbocycles. The summed E-state index contributed by atoms with van der Waals surface area (Å²) in [6.07, 6.45) is 2.33. The number of rotatable bonds is 3. The van der Waals surface area contributed by atoms with E-state index < -0.39 is 0 Å². The van der Waals surface area contributed by atoms with E-state index in [4.69, 9.17) is 4.74 Å². The Morgan fingerprint density at radius 3 is 2.79 bits per heavy atom. The van der Waals surface area contributed by atoms with E-state index in [-0.39, 0.29) is 11.5 Å². The maximum absolute atomic E-state index is 13.1. The molecule has 0 radical (unpaired) electrons. The van der Waals surface area contributed by atoms with Crippen molar-refractivity contribution >= 4 is 5.91 Å². The van der Waals surface area contributed by atoms with Crippen molar-refractivity contribution in [3.63, 3.8) is 0 Å². The topological polar surface area (TPSA) is 93.1 Å². The number of hydrogen-bond acceptors (Lipinski definition) is 5. The van der Waals surface area contributed by atoms with Crippen molar-refractivity contribution < 1.29 is 9.53 Å². The van der Waals surface area contributed by atoms with Crippen LogP contribution in [-0.2, 0) is 13.0 Å². The zero-order chi connectivity index (χ0) is 19.8. The number of carbonyl (C=O) groups is 1. The van der Waals surface area contributed by atoms with Gasteiger partial charge >= 0.3 is 0 Å². The normalized spacial score (nSPS) is 13.3. The van der Waals surface area contributed by atoms with Gasteiger partial charge in [-0.2, -0.15) is 5.10 Å². The first kappa shape index (κ1) is 18.0. The Hall–Kier alpha value is -3.42. The van der Waals surface area contributed by atoms with Gasteiger partial charge in [-0.15, -0.1) is 0 Å². The molecule has 0 unspecified atom stereocenters. The lowest BCUT2D eigenvalue weighted by atomic mass is 9.99. The SMILES string of the molecule is COc1ccc2c(c1)CN(C(=O)c1cnn(-c3nc(C)cc(=O)[nH]3)c1C)CC2. The average Bonchev–Trinajstić information content (AvgIpc) is 3.07. The second kappa shape index (κ2) is 6.95. The number of carbonyl (C=O) groups excluding carboxylic acids is 1. The predicted molar refractivity (Wildman–Crippen MR) is 103 cm³/mol. The summed E-state index contributed by atoms with van der Waals surface area (Å²) in [5.74, 6) is 0.994. The van der Waals surface area contributed by atoms with E-state index in [9.17, 15) is 9.59 Å². The molecule has 3 heterocycles. The highest BCUT2D eigenvalue weighted by Gasteiger charge is 2.25. The fourth-order valence-corrected chi connectivity index (χ4v) is 3.50. The van der Waals surface area contributed by atoms with Gasteiger partial charge in [-0.25, -0.2) is 9.67 Å². The molecule has 28 heavy (non-hydrogen) atoms. The first-order valence-electron chi connectivity index (χ1n) is 9.04. The summed E-state index contributed by atoms with van der Waals surface area (Å²) in [4.78, 5) is 33.6. The second-order valence-corrected chi connectivity index (χ2v) is 6.88. The van der Waals surface area contributed by atoms with Crippen LogP contribution in [0.15, 0.2) is 35.3 Å². The Morgan fingerprint density at radius 1 is 1.21 bits per heavy atom. The van der Waals surface area contributed by atoms with Gasteiger partial charge in [0.05, 0.1) is 24.6 Å². The molecule has 0 atom stereocenters. The number of fused-ring (bicyclic) bond motifs is 1. The fourth-order valence-electron chi connectivity index (χ4n) is 3.50. The van der Waals surface area contributed by atoms with Gasteiger partial charge in [-0.05, 0) is 43.5 Å². The zero-order valence-corrected chi connectivity index (χ0v) is 16.0. The minimum atomic E-state index is -0.258. The molecule has 1 N–H and O–H groups in total. The first-order chi connectivity index (χ1) is 13.5. The van der Waals surface area contributed by atoms with Gasteiger partial charge in [0.1, 0.15) is 5.75 Å². The zero-order valence-electron chi connectivity index (χ0n) is 16.0. The quantitative estimate of drug-likeness (QED) is 0.749. The molecular weight excluding hydrogens is 358 g/mol. The molecular formula is C20H21N5O3. The van der Waals surface area contributed by atoms with E-state index in [1.807, 2.05) is 17.0 Å². The molecule has 1 aromatic carbocycles. The van der Waals surface area contributed by atoms with Crippen molar-refractivity contribution in [2.75, 3.05) is 13.7 Å². The van der Waals surface area contributed by atoms with Crippen LogP contribution in [0.5, 0.6) is 5.75 Å². The number of aryl methyl sites for hydroxylation is 1. The lowest BCUT2D eigenvalue weighted by Crippen LogP contribution is -2.36. The monoisotopic (exact) mass is 379 g/mol. The Bertz CT molecular complexity index is 1120. The fraction of sp³-hybridized carbons (Fsp3) is 0.300. The summed E-state index contributed by atoms with van der Waals surface area (Å²) >= 11 is 0. The third kappa shape index (κ3) is 3.17. The van der Waals surface area contributed by atoms with Gasteiger partial charge in [-0.3, -0.25) is 14.6 Å². The summed E-state index contributed by atoms with van der Waals surface area (Å²) in [6, 6.07) is 7.39. The maximum atomic E-state index is 13.1. The minimum Gasteiger partial charge on any atom is -0.497 e. The van der Waals surface area contributed by atoms with Crippen molar-refractivity contribution in [1.82, 2.24) is 24.6 Å². The van der Waals surface area contributed by atoms with Gasteiger partial charge < -0.3 is 9.64 Å². The van der Waals surface area contributed by atoms with Crippen LogP contribution in [0.1, 0.15) is 32.9 Å². The van der Waals surface area contributed by atoms with Crippen LogP contribution in [0.4, 0.5) is 0 Å². The largest absolute Gasteiger partial charge is 0.497 e. The van der Waals surface area contributed by atoms with Gasteiger partial charge in [0, 0.05) is 24.8 Å². The first-order valence-corrected chi connectivity index (χ1v) is 9.04. The summed E-state index contributed by atoms with van der Waals surface area (Å²) < 4.78 is 6.79. The lowest BCUT2D eigenvalue weighted by molar-refractivity contribution is 0.0733. The van der Waals surface area contributed by atoms with Crippen molar-refractivity contribution in [2.45, 2.75) is 26.8 Å². The number of aromatic nitrogens is 4.